The van der Waals surface area contributed by atoms with Crippen molar-refractivity contribution < 1.29 is 4.74 Å². The molecule has 0 radical (unpaired) electrons. The van der Waals surface area contributed by atoms with Crippen LogP contribution in [0.25, 0.3) is 0 Å². The van der Waals surface area contributed by atoms with Crippen LogP contribution < -0.4 is 4.74 Å². The average Bonchev–Trinajstić information content (AvgIpc) is 2.62. The molecule has 0 saturated heterocycles. The van der Waals surface area contributed by atoms with E-state index in [1.54, 1.807) is 13.2 Å². The van der Waals surface area contributed by atoms with E-state index in [-0.39, 0.29) is 0 Å². The van der Waals surface area contributed by atoms with Crippen molar-refractivity contribution >= 4 is 15.9 Å². The Hall–Kier alpha value is -1.36. The standard InChI is InChI=1S/C10H10BrN3O/c1-14-12-6-9(13-14)7-15-10-4-2-3-8(11)5-10/h2-6H,7H2,1H3. The first kappa shape index (κ1) is 10.2. The first-order valence-corrected chi connectivity index (χ1v) is 5.27. The van der Waals surface area contributed by atoms with Crippen molar-refractivity contribution in [2.75, 3.05) is 0 Å². The number of rotatable bonds is 3. The predicted octanol–water partition coefficient (Wildman–Crippen LogP) is 2.16. The molecule has 0 aliphatic rings. The van der Waals surface area contributed by atoms with Gasteiger partial charge in [-0.3, -0.25) is 0 Å². The van der Waals surface area contributed by atoms with Crippen LogP contribution in [0.3, 0.4) is 0 Å². The van der Waals surface area contributed by atoms with Gasteiger partial charge in [-0.05, 0) is 18.2 Å². The molecule has 0 aliphatic carbocycles. The van der Waals surface area contributed by atoms with Crippen LogP contribution in [0.1, 0.15) is 5.69 Å². The summed E-state index contributed by atoms with van der Waals surface area (Å²) in [6.07, 6.45) is 1.69. The molecule has 0 amide bonds. The van der Waals surface area contributed by atoms with Gasteiger partial charge < -0.3 is 4.74 Å². The van der Waals surface area contributed by atoms with Crippen LogP contribution in [-0.2, 0) is 13.7 Å². The molecule has 0 saturated carbocycles. The van der Waals surface area contributed by atoms with Gasteiger partial charge in [-0.2, -0.15) is 15.0 Å². The van der Waals surface area contributed by atoms with E-state index < -0.39 is 0 Å². The number of nitrogens with zero attached hydrogens (tertiary/aromatic N) is 3. The fourth-order valence-electron chi connectivity index (χ4n) is 1.17. The van der Waals surface area contributed by atoms with Gasteiger partial charge in [0.1, 0.15) is 18.1 Å². The SMILES string of the molecule is Cn1ncc(COc2cccc(Br)c2)n1. The smallest absolute Gasteiger partial charge is 0.134 e. The van der Waals surface area contributed by atoms with Gasteiger partial charge in [0.2, 0.25) is 0 Å². The van der Waals surface area contributed by atoms with Gasteiger partial charge in [-0.25, -0.2) is 0 Å². The molecule has 1 aromatic heterocycles. The Morgan fingerprint density at radius 2 is 2.33 bits per heavy atom. The Kier molecular flexibility index (Phi) is 3.01. The fraction of sp³-hybridized carbons (Fsp3) is 0.200. The molecule has 4 nitrogen and oxygen atoms in total. The summed E-state index contributed by atoms with van der Waals surface area (Å²) < 4.78 is 6.54. The molecule has 78 valence electrons. The summed E-state index contributed by atoms with van der Waals surface area (Å²) in [5, 5.41) is 8.08. The van der Waals surface area contributed by atoms with E-state index >= 15 is 0 Å². The molecule has 0 fully saturated rings. The van der Waals surface area contributed by atoms with Crippen LogP contribution in [0.15, 0.2) is 34.9 Å². The van der Waals surface area contributed by atoms with Crippen LogP contribution in [-0.4, -0.2) is 15.0 Å². The number of hydrogen-bond donors (Lipinski definition) is 0. The second kappa shape index (κ2) is 4.44. The number of aromatic nitrogens is 3. The van der Waals surface area contributed by atoms with Crippen LogP contribution in [0.2, 0.25) is 0 Å². The van der Waals surface area contributed by atoms with Crippen molar-refractivity contribution in [3.05, 3.63) is 40.6 Å². The molecule has 15 heavy (non-hydrogen) atoms. The zero-order valence-electron chi connectivity index (χ0n) is 8.22. The maximum atomic E-state index is 5.54. The van der Waals surface area contributed by atoms with Crippen molar-refractivity contribution in [2.45, 2.75) is 6.61 Å². The molecule has 0 spiro atoms. The molecule has 1 heterocycles. The maximum Gasteiger partial charge on any atom is 0.134 e. The van der Waals surface area contributed by atoms with Crippen molar-refractivity contribution in [3.8, 4) is 5.75 Å². The normalized spacial score (nSPS) is 10.3. The van der Waals surface area contributed by atoms with Crippen molar-refractivity contribution in [2.24, 2.45) is 7.05 Å². The Morgan fingerprint density at radius 3 is 3.00 bits per heavy atom. The second-order valence-electron chi connectivity index (χ2n) is 3.07. The summed E-state index contributed by atoms with van der Waals surface area (Å²) in [5.74, 6) is 0.815. The molecular formula is C10H10BrN3O. The first-order valence-electron chi connectivity index (χ1n) is 4.47. The molecular weight excluding hydrogens is 258 g/mol. The van der Waals surface area contributed by atoms with Crippen molar-refractivity contribution in [1.82, 2.24) is 15.0 Å². The second-order valence-corrected chi connectivity index (χ2v) is 3.99. The largest absolute Gasteiger partial charge is 0.487 e. The van der Waals surface area contributed by atoms with E-state index in [1.165, 1.54) is 4.80 Å². The molecule has 5 heteroatoms. The van der Waals surface area contributed by atoms with Crippen LogP contribution >= 0.6 is 15.9 Å². The number of hydrogen-bond acceptors (Lipinski definition) is 3. The Morgan fingerprint density at radius 1 is 1.47 bits per heavy atom. The third kappa shape index (κ3) is 2.79. The number of ether oxygens (including phenoxy) is 1. The van der Waals surface area contributed by atoms with Gasteiger partial charge in [-0.15, -0.1) is 0 Å². The molecule has 0 N–H and O–H groups in total. The van der Waals surface area contributed by atoms with Gasteiger partial charge >= 0.3 is 0 Å². The monoisotopic (exact) mass is 267 g/mol. The van der Waals surface area contributed by atoms with Gasteiger partial charge in [0.25, 0.3) is 0 Å². The average molecular weight is 268 g/mol. The molecule has 0 bridgehead atoms. The molecule has 0 aliphatic heterocycles. The summed E-state index contributed by atoms with van der Waals surface area (Å²) in [7, 11) is 1.78. The highest BCUT2D eigenvalue weighted by atomic mass is 79.9. The lowest BCUT2D eigenvalue weighted by atomic mass is 10.3. The van der Waals surface area contributed by atoms with Crippen LogP contribution in [0.4, 0.5) is 0 Å². The predicted molar refractivity (Wildman–Crippen MR) is 59.5 cm³/mol. The van der Waals surface area contributed by atoms with E-state index in [2.05, 4.69) is 26.1 Å². The minimum atomic E-state index is 0.435. The highest BCUT2D eigenvalue weighted by Crippen LogP contribution is 2.18. The third-order valence-electron chi connectivity index (χ3n) is 1.83. The maximum absolute atomic E-state index is 5.54. The lowest BCUT2D eigenvalue weighted by molar-refractivity contribution is 0.300. The topological polar surface area (TPSA) is 39.9 Å². The van der Waals surface area contributed by atoms with E-state index in [0.717, 1.165) is 15.9 Å². The molecule has 2 aromatic rings. The van der Waals surface area contributed by atoms with Gasteiger partial charge in [0.15, 0.2) is 0 Å². The van der Waals surface area contributed by atoms with Crippen molar-refractivity contribution in [1.29, 1.82) is 0 Å². The van der Waals surface area contributed by atoms with Gasteiger partial charge in [0, 0.05) is 11.5 Å². The zero-order valence-corrected chi connectivity index (χ0v) is 9.81. The zero-order chi connectivity index (χ0) is 10.7. The van der Waals surface area contributed by atoms with Gasteiger partial charge in [0.05, 0.1) is 6.20 Å². The van der Waals surface area contributed by atoms with Crippen LogP contribution in [0, 0.1) is 0 Å². The summed E-state index contributed by atoms with van der Waals surface area (Å²) in [5.41, 5.74) is 0.817. The fourth-order valence-corrected chi connectivity index (χ4v) is 1.55. The van der Waals surface area contributed by atoms with Gasteiger partial charge in [-0.1, -0.05) is 22.0 Å². The van der Waals surface area contributed by atoms with E-state index in [0.29, 0.717) is 6.61 Å². The lowest BCUT2D eigenvalue weighted by Crippen LogP contribution is -1.98. The molecule has 0 unspecified atom stereocenters. The Labute approximate surface area is 96.0 Å². The molecule has 1 aromatic carbocycles. The van der Waals surface area contributed by atoms with E-state index in [4.69, 9.17) is 4.74 Å². The molecule has 0 atom stereocenters. The van der Waals surface area contributed by atoms with E-state index in [9.17, 15) is 0 Å². The summed E-state index contributed by atoms with van der Waals surface area (Å²) in [4.78, 5) is 1.51. The number of halogens is 1. The first-order chi connectivity index (χ1) is 7.24. The van der Waals surface area contributed by atoms with Crippen molar-refractivity contribution in [3.63, 3.8) is 0 Å². The minimum Gasteiger partial charge on any atom is -0.487 e. The highest BCUT2D eigenvalue weighted by molar-refractivity contribution is 9.10. The molecule has 2 rings (SSSR count). The minimum absolute atomic E-state index is 0.435. The number of benzene rings is 1. The van der Waals surface area contributed by atoms with E-state index in [1.807, 2.05) is 24.3 Å². The quantitative estimate of drug-likeness (QED) is 0.856. The summed E-state index contributed by atoms with van der Waals surface area (Å²) in [6.45, 7) is 0.435. The Bertz CT molecular complexity index is 455. The van der Waals surface area contributed by atoms with Crippen LogP contribution in [0.5, 0.6) is 5.75 Å². The number of aryl methyl sites for hydroxylation is 1. The third-order valence-corrected chi connectivity index (χ3v) is 2.32. The highest BCUT2D eigenvalue weighted by Gasteiger charge is 1.99. The Balaban J connectivity index is 1.99. The summed E-state index contributed by atoms with van der Waals surface area (Å²) >= 11 is 3.38. The lowest BCUT2D eigenvalue weighted by Gasteiger charge is -2.03. The summed E-state index contributed by atoms with van der Waals surface area (Å²) in [6, 6.07) is 7.70.